The first-order valence-electron chi connectivity index (χ1n) is 14.3. The molecule has 0 unspecified atom stereocenters. The van der Waals surface area contributed by atoms with Crippen molar-refractivity contribution in [2.45, 2.75) is 4.90 Å². The summed E-state index contributed by atoms with van der Waals surface area (Å²) in [4.78, 5) is 15.2. The number of nitrogens with zero attached hydrogens (tertiary/aromatic N) is 3. The van der Waals surface area contributed by atoms with Gasteiger partial charge in [0.2, 0.25) is 5.78 Å². The van der Waals surface area contributed by atoms with Gasteiger partial charge in [-0.15, -0.1) is 0 Å². The van der Waals surface area contributed by atoms with E-state index < -0.39 is 0 Å². The average molecular weight is 611 g/mol. The molecule has 0 bridgehead atoms. The predicted octanol–water partition coefficient (Wildman–Crippen LogP) is 8.35. The number of hydrogen-bond acceptors (Lipinski definition) is 7. The molecule has 1 heterocycles. The molecule has 0 aliphatic carbocycles. The number of para-hydroxylation sites is 2. The Hall–Kier alpha value is -5.60. The molecule has 222 valence electrons. The molecule has 0 spiro atoms. The SMILES string of the molecule is COc1ccc(/C(=N/Nc2ccccc2)Sc2ccccc2C(=O)c2cc(-c3ccc(OC)cc3)nn2-c2ccccc2)cc1. The summed E-state index contributed by atoms with van der Waals surface area (Å²) in [5, 5.41) is 10.3. The minimum Gasteiger partial charge on any atom is -0.497 e. The van der Waals surface area contributed by atoms with Crippen LogP contribution in [0.1, 0.15) is 21.6 Å². The zero-order valence-electron chi connectivity index (χ0n) is 24.8. The number of ether oxygens (including phenoxy) is 2. The number of hydrogen-bond donors (Lipinski definition) is 1. The molecule has 1 N–H and O–H groups in total. The third-order valence-electron chi connectivity index (χ3n) is 7.06. The number of ketones is 1. The van der Waals surface area contributed by atoms with Gasteiger partial charge in [0.1, 0.15) is 22.2 Å². The van der Waals surface area contributed by atoms with Gasteiger partial charge in [-0.25, -0.2) is 4.68 Å². The molecule has 0 saturated heterocycles. The van der Waals surface area contributed by atoms with Crippen molar-refractivity contribution in [3.05, 3.63) is 156 Å². The lowest BCUT2D eigenvalue weighted by molar-refractivity contribution is 0.102. The number of hydrazone groups is 1. The van der Waals surface area contributed by atoms with Crippen molar-refractivity contribution >= 4 is 28.3 Å². The van der Waals surface area contributed by atoms with Crippen molar-refractivity contribution in [1.82, 2.24) is 9.78 Å². The van der Waals surface area contributed by atoms with Gasteiger partial charge in [0.15, 0.2) is 0 Å². The van der Waals surface area contributed by atoms with E-state index in [9.17, 15) is 4.79 Å². The first-order valence-corrected chi connectivity index (χ1v) is 15.1. The van der Waals surface area contributed by atoms with Crippen LogP contribution in [-0.2, 0) is 0 Å². The van der Waals surface area contributed by atoms with Crippen molar-refractivity contribution in [3.8, 4) is 28.4 Å². The Kier molecular flexibility index (Phi) is 9.03. The van der Waals surface area contributed by atoms with E-state index in [-0.39, 0.29) is 5.78 Å². The first-order chi connectivity index (χ1) is 22.1. The maximum atomic E-state index is 14.4. The number of nitrogens with one attached hydrogen (secondary N) is 1. The normalized spacial score (nSPS) is 11.2. The van der Waals surface area contributed by atoms with Gasteiger partial charge in [-0.1, -0.05) is 60.3 Å². The van der Waals surface area contributed by atoms with Gasteiger partial charge in [0.25, 0.3) is 0 Å². The highest BCUT2D eigenvalue weighted by Crippen LogP contribution is 2.32. The average Bonchev–Trinajstić information content (AvgIpc) is 3.56. The van der Waals surface area contributed by atoms with Crippen LogP contribution in [0.4, 0.5) is 5.69 Å². The molecule has 0 radical (unpaired) electrons. The highest BCUT2D eigenvalue weighted by molar-refractivity contribution is 8.14. The quantitative estimate of drug-likeness (QED) is 0.0552. The summed E-state index contributed by atoms with van der Waals surface area (Å²) in [5.41, 5.74) is 8.23. The van der Waals surface area contributed by atoms with Gasteiger partial charge in [-0.3, -0.25) is 10.2 Å². The Bertz CT molecular complexity index is 1920. The Balaban J connectivity index is 1.39. The van der Waals surface area contributed by atoms with Crippen LogP contribution in [0.3, 0.4) is 0 Å². The van der Waals surface area contributed by atoms with Gasteiger partial charge >= 0.3 is 0 Å². The van der Waals surface area contributed by atoms with Gasteiger partial charge < -0.3 is 9.47 Å². The maximum absolute atomic E-state index is 14.4. The van der Waals surface area contributed by atoms with Crippen molar-refractivity contribution in [2.75, 3.05) is 19.6 Å². The largest absolute Gasteiger partial charge is 0.497 e. The van der Waals surface area contributed by atoms with Crippen LogP contribution < -0.4 is 14.9 Å². The molecule has 1 aromatic heterocycles. The zero-order valence-corrected chi connectivity index (χ0v) is 25.6. The topological polar surface area (TPSA) is 77.7 Å². The smallest absolute Gasteiger partial charge is 0.212 e. The van der Waals surface area contributed by atoms with E-state index >= 15 is 0 Å². The molecule has 6 aromatic rings. The fourth-order valence-corrected chi connectivity index (χ4v) is 5.68. The molecule has 7 nitrogen and oxygen atoms in total. The van der Waals surface area contributed by atoms with Crippen molar-refractivity contribution in [1.29, 1.82) is 0 Å². The Morgan fingerprint density at radius 3 is 2.00 bits per heavy atom. The molecule has 0 amide bonds. The molecule has 0 atom stereocenters. The van der Waals surface area contributed by atoms with Crippen molar-refractivity contribution < 1.29 is 14.3 Å². The molecular weight excluding hydrogens is 580 g/mol. The molecule has 45 heavy (non-hydrogen) atoms. The summed E-state index contributed by atoms with van der Waals surface area (Å²) in [5.74, 6) is 1.34. The fraction of sp³-hybridized carbons (Fsp3) is 0.0541. The predicted molar refractivity (Wildman–Crippen MR) is 181 cm³/mol. The fourth-order valence-electron chi connectivity index (χ4n) is 4.70. The molecule has 0 aliphatic heterocycles. The molecule has 5 aromatic carbocycles. The summed E-state index contributed by atoms with van der Waals surface area (Å²) in [6, 6.07) is 44.2. The number of carbonyl (C=O) groups excluding carboxylic acids is 1. The van der Waals surface area contributed by atoms with E-state index in [0.29, 0.717) is 22.0 Å². The van der Waals surface area contributed by atoms with Crippen molar-refractivity contribution in [3.63, 3.8) is 0 Å². The monoisotopic (exact) mass is 610 g/mol. The first kappa shape index (κ1) is 29.5. The molecule has 0 saturated carbocycles. The summed E-state index contributed by atoms with van der Waals surface area (Å²) in [6.07, 6.45) is 0. The Morgan fingerprint density at radius 2 is 1.33 bits per heavy atom. The minimum absolute atomic E-state index is 0.153. The number of methoxy groups -OCH3 is 2. The number of anilines is 1. The van der Waals surface area contributed by atoms with Crippen LogP contribution >= 0.6 is 11.8 Å². The number of carbonyl (C=O) groups is 1. The van der Waals surface area contributed by atoms with Crippen LogP contribution in [-0.4, -0.2) is 34.8 Å². The standard InChI is InChI=1S/C37H30N4O3S/c1-43-30-21-17-26(18-22-30)33-25-34(41(40-33)29-13-7-4-8-14-29)36(42)32-15-9-10-16-35(32)45-37(27-19-23-31(44-2)24-20-27)39-38-28-11-5-3-6-12-28/h3-25,38H,1-2H3/b39-37-. The van der Waals surface area contributed by atoms with E-state index in [0.717, 1.165) is 38.9 Å². The van der Waals surface area contributed by atoms with E-state index in [4.69, 9.17) is 19.7 Å². The Morgan fingerprint density at radius 1 is 0.733 bits per heavy atom. The summed E-state index contributed by atoms with van der Waals surface area (Å²) in [6.45, 7) is 0. The van der Waals surface area contributed by atoms with Crippen LogP contribution in [0.15, 0.2) is 150 Å². The third-order valence-corrected chi connectivity index (χ3v) is 8.16. The number of thioether (sulfide) groups is 1. The summed E-state index contributed by atoms with van der Waals surface area (Å²) >= 11 is 1.42. The molecule has 0 aliphatic rings. The molecular formula is C37H30N4O3S. The number of rotatable bonds is 10. The molecule has 6 rings (SSSR count). The van der Waals surface area contributed by atoms with Crippen LogP contribution in [0.5, 0.6) is 11.5 Å². The van der Waals surface area contributed by atoms with E-state index in [1.807, 2.05) is 140 Å². The van der Waals surface area contributed by atoms with Crippen LogP contribution in [0.25, 0.3) is 16.9 Å². The Labute approximate surface area is 266 Å². The van der Waals surface area contributed by atoms with E-state index in [1.165, 1.54) is 11.8 Å². The lowest BCUT2D eigenvalue weighted by atomic mass is 10.1. The second-order valence-corrected chi connectivity index (χ2v) is 11.0. The van der Waals surface area contributed by atoms with Gasteiger partial charge in [0.05, 0.1) is 31.3 Å². The lowest BCUT2D eigenvalue weighted by Crippen LogP contribution is -2.11. The second kappa shape index (κ2) is 13.8. The maximum Gasteiger partial charge on any atom is 0.212 e. The summed E-state index contributed by atoms with van der Waals surface area (Å²) < 4.78 is 12.4. The van der Waals surface area contributed by atoms with Gasteiger partial charge in [-0.2, -0.15) is 10.2 Å². The highest BCUT2D eigenvalue weighted by Gasteiger charge is 2.23. The van der Waals surface area contributed by atoms with Gasteiger partial charge in [0, 0.05) is 21.6 Å². The van der Waals surface area contributed by atoms with Gasteiger partial charge in [-0.05, 0) is 91.0 Å². The number of benzene rings is 5. The van der Waals surface area contributed by atoms with Crippen LogP contribution in [0.2, 0.25) is 0 Å². The van der Waals surface area contributed by atoms with E-state index in [1.54, 1.807) is 18.9 Å². The number of aromatic nitrogens is 2. The summed E-state index contributed by atoms with van der Waals surface area (Å²) in [7, 11) is 3.27. The molecule has 0 fully saturated rings. The van der Waals surface area contributed by atoms with Crippen molar-refractivity contribution in [2.24, 2.45) is 5.10 Å². The minimum atomic E-state index is -0.153. The highest BCUT2D eigenvalue weighted by atomic mass is 32.2. The second-order valence-electron chi connectivity index (χ2n) is 9.94. The third kappa shape index (κ3) is 6.82. The van der Waals surface area contributed by atoms with E-state index in [2.05, 4.69) is 5.43 Å². The lowest BCUT2D eigenvalue weighted by Gasteiger charge is -2.12. The van der Waals surface area contributed by atoms with Crippen LogP contribution in [0, 0.1) is 0 Å². The zero-order chi connectivity index (χ0) is 31.0. The molecule has 8 heteroatoms.